The van der Waals surface area contributed by atoms with E-state index in [2.05, 4.69) is 37.3 Å². The zero-order valence-electron chi connectivity index (χ0n) is 18.3. The lowest BCUT2D eigenvalue weighted by Gasteiger charge is -2.29. The zero-order valence-corrected chi connectivity index (χ0v) is 19.0. The Hall–Kier alpha value is -3.29. The Balaban J connectivity index is 1.30. The average Bonchev–Trinajstić information content (AvgIpc) is 3.28. The van der Waals surface area contributed by atoms with Gasteiger partial charge >= 0.3 is 0 Å². The highest BCUT2D eigenvalue weighted by Crippen LogP contribution is 2.33. The smallest absolute Gasteiger partial charge is 0.289 e. The lowest BCUT2D eigenvalue weighted by atomic mass is 10.0. The molecule has 0 bridgehead atoms. The van der Waals surface area contributed by atoms with Gasteiger partial charge in [-0.1, -0.05) is 29.8 Å². The van der Waals surface area contributed by atoms with Gasteiger partial charge in [0.2, 0.25) is 5.82 Å². The number of allylic oxidation sites excluding steroid dienone is 1. The van der Waals surface area contributed by atoms with Gasteiger partial charge in [-0.15, -0.1) is 0 Å². The summed E-state index contributed by atoms with van der Waals surface area (Å²) in [5, 5.41) is 3.59. The van der Waals surface area contributed by atoms with Crippen LogP contribution in [0, 0.1) is 0 Å². The molecule has 3 aromatic rings. The van der Waals surface area contributed by atoms with Crippen LogP contribution in [-0.4, -0.2) is 47.2 Å². The molecule has 8 heteroatoms. The van der Waals surface area contributed by atoms with Gasteiger partial charge < -0.3 is 15.0 Å². The quantitative estimate of drug-likeness (QED) is 0.621. The summed E-state index contributed by atoms with van der Waals surface area (Å²) in [7, 11) is 0. The number of morpholine rings is 1. The van der Waals surface area contributed by atoms with Gasteiger partial charge in [0, 0.05) is 48.1 Å². The van der Waals surface area contributed by atoms with E-state index in [-0.39, 0.29) is 17.8 Å². The molecule has 1 aliphatic heterocycles. The Labute approximate surface area is 197 Å². The molecule has 2 aliphatic rings. The van der Waals surface area contributed by atoms with Crippen molar-refractivity contribution < 1.29 is 9.53 Å². The molecule has 168 valence electrons. The standard InChI is InChI=1S/C25H24ClN5O2/c1-16(17-2-4-19(26)5-3-17)30-25(32)24-28-13-18(14-29-24)21-6-7-23-22(21)12-20(15-27-23)31-8-10-33-11-9-31/h2-6,12-16H,7-11H2,1H3,(H,30,32)/t16-/m1/s1. The van der Waals surface area contributed by atoms with Crippen LogP contribution in [0.4, 0.5) is 5.69 Å². The van der Waals surface area contributed by atoms with E-state index in [0.717, 1.165) is 66.4 Å². The summed E-state index contributed by atoms with van der Waals surface area (Å²) in [4.78, 5) is 28.3. The molecular weight excluding hydrogens is 438 g/mol. The van der Waals surface area contributed by atoms with Gasteiger partial charge in [-0.25, -0.2) is 9.97 Å². The second-order valence-corrected chi connectivity index (χ2v) is 8.59. The van der Waals surface area contributed by atoms with Crippen LogP contribution in [0.5, 0.6) is 0 Å². The molecule has 1 atom stereocenters. The number of aromatic nitrogens is 3. The molecule has 3 heterocycles. The molecule has 1 aromatic carbocycles. The Kier molecular flexibility index (Phi) is 6.07. The Morgan fingerprint density at radius 1 is 1.09 bits per heavy atom. The maximum atomic E-state index is 12.6. The molecule has 0 unspecified atom stereocenters. The number of fused-ring (bicyclic) bond motifs is 1. The van der Waals surface area contributed by atoms with Crippen LogP contribution in [0.3, 0.4) is 0 Å². The number of carbonyl (C=O) groups is 1. The minimum absolute atomic E-state index is 0.138. The lowest BCUT2D eigenvalue weighted by molar-refractivity contribution is 0.0929. The number of anilines is 1. The second kappa shape index (κ2) is 9.29. The number of ether oxygens (including phenoxy) is 1. The highest BCUT2D eigenvalue weighted by molar-refractivity contribution is 6.30. The van der Waals surface area contributed by atoms with Crippen molar-refractivity contribution in [3.8, 4) is 0 Å². The third-order valence-corrected chi connectivity index (χ3v) is 6.26. The van der Waals surface area contributed by atoms with Crippen molar-refractivity contribution in [3.63, 3.8) is 0 Å². The molecule has 7 nitrogen and oxygen atoms in total. The van der Waals surface area contributed by atoms with E-state index in [1.807, 2.05) is 25.3 Å². The summed E-state index contributed by atoms with van der Waals surface area (Å²) in [5.41, 5.74) is 6.11. The fourth-order valence-electron chi connectivity index (χ4n) is 4.13. The van der Waals surface area contributed by atoms with Crippen molar-refractivity contribution >= 4 is 28.8 Å². The number of benzene rings is 1. The van der Waals surface area contributed by atoms with E-state index in [0.29, 0.717) is 5.02 Å². The molecule has 1 amide bonds. The van der Waals surface area contributed by atoms with E-state index in [1.165, 1.54) is 0 Å². The van der Waals surface area contributed by atoms with E-state index in [4.69, 9.17) is 16.3 Å². The van der Waals surface area contributed by atoms with Crippen molar-refractivity contribution in [2.75, 3.05) is 31.2 Å². The van der Waals surface area contributed by atoms with Gasteiger partial charge in [-0.2, -0.15) is 0 Å². The van der Waals surface area contributed by atoms with Gasteiger partial charge in [-0.3, -0.25) is 9.78 Å². The van der Waals surface area contributed by atoms with Crippen molar-refractivity contribution in [1.29, 1.82) is 0 Å². The van der Waals surface area contributed by atoms with E-state index in [9.17, 15) is 4.79 Å². The third kappa shape index (κ3) is 4.60. The summed E-state index contributed by atoms with van der Waals surface area (Å²) in [5.74, 6) is -0.181. The van der Waals surface area contributed by atoms with Gasteiger partial charge in [-0.05, 0) is 36.3 Å². The van der Waals surface area contributed by atoms with Gasteiger partial charge in [0.15, 0.2) is 0 Å². The van der Waals surface area contributed by atoms with Crippen LogP contribution in [0.2, 0.25) is 5.02 Å². The highest BCUT2D eigenvalue weighted by atomic mass is 35.5. The first-order valence-electron chi connectivity index (χ1n) is 11.0. The summed E-state index contributed by atoms with van der Waals surface area (Å²) < 4.78 is 5.46. The fraction of sp³-hybridized carbons (Fsp3) is 0.280. The van der Waals surface area contributed by atoms with Crippen LogP contribution in [0.25, 0.3) is 5.57 Å². The number of nitrogens with zero attached hydrogens (tertiary/aromatic N) is 4. The summed E-state index contributed by atoms with van der Waals surface area (Å²) in [6.45, 7) is 5.10. The molecule has 33 heavy (non-hydrogen) atoms. The van der Waals surface area contributed by atoms with Crippen molar-refractivity contribution in [1.82, 2.24) is 20.3 Å². The van der Waals surface area contributed by atoms with E-state index in [1.54, 1.807) is 24.5 Å². The number of rotatable bonds is 5. The predicted octanol–water partition coefficient (Wildman–Crippen LogP) is 3.84. The second-order valence-electron chi connectivity index (χ2n) is 8.15. The van der Waals surface area contributed by atoms with Crippen LogP contribution in [0.1, 0.15) is 46.0 Å². The molecule has 5 rings (SSSR count). The number of amides is 1. The largest absolute Gasteiger partial charge is 0.378 e. The Morgan fingerprint density at radius 3 is 2.55 bits per heavy atom. The van der Waals surface area contributed by atoms with Crippen molar-refractivity contribution in [2.24, 2.45) is 0 Å². The minimum Gasteiger partial charge on any atom is -0.378 e. The van der Waals surface area contributed by atoms with Crippen molar-refractivity contribution in [3.05, 3.63) is 88.2 Å². The number of halogens is 1. The molecule has 1 aliphatic carbocycles. The van der Waals surface area contributed by atoms with Crippen LogP contribution in [0.15, 0.2) is 55.0 Å². The molecule has 0 saturated carbocycles. The molecule has 0 radical (unpaired) electrons. The maximum Gasteiger partial charge on any atom is 0.289 e. The number of pyridine rings is 1. The van der Waals surface area contributed by atoms with Gasteiger partial charge in [0.1, 0.15) is 0 Å². The first kappa shape index (κ1) is 21.6. The molecule has 2 aromatic heterocycles. The number of hydrogen-bond acceptors (Lipinski definition) is 6. The SMILES string of the molecule is C[C@@H](NC(=O)c1ncc(C2=CCc3ncc(N4CCOCC4)cc32)cn1)c1ccc(Cl)cc1. The van der Waals surface area contributed by atoms with Gasteiger partial charge in [0.25, 0.3) is 5.91 Å². The van der Waals surface area contributed by atoms with Crippen LogP contribution >= 0.6 is 11.6 Å². The minimum atomic E-state index is -0.318. The normalized spacial score (nSPS) is 16.2. The molecule has 1 saturated heterocycles. The summed E-state index contributed by atoms with van der Waals surface area (Å²) in [6.07, 6.45) is 8.26. The number of nitrogens with one attached hydrogen (secondary N) is 1. The first-order valence-corrected chi connectivity index (χ1v) is 11.4. The topological polar surface area (TPSA) is 80.2 Å². The van der Waals surface area contributed by atoms with Crippen LogP contribution < -0.4 is 10.2 Å². The molecular formula is C25H24ClN5O2. The maximum absolute atomic E-state index is 12.6. The highest BCUT2D eigenvalue weighted by Gasteiger charge is 2.21. The summed E-state index contributed by atoms with van der Waals surface area (Å²) >= 11 is 5.94. The van der Waals surface area contributed by atoms with Crippen molar-refractivity contribution in [2.45, 2.75) is 19.4 Å². The number of carbonyl (C=O) groups excluding carboxylic acids is 1. The lowest BCUT2D eigenvalue weighted by Crippen LogP contribution is -2.36. The fourth-order valence-corrected chi connectivity index (χ4v) is 4.26. The Morgan fingerprint density at radius 2 is 1.82 bits per heavy atom. The summed E-state index contributed by atoms with van der Waals surface area (Å²) in [6, 6.07) is 9.38. The molecule has 0 spiro atoms. The first-order chi connectivity index (χ1) is 16.1. The molecule has 1 fully saturated rings. The Bertz CT molecular complexity index is 1190. The molecule has 1 N–H and O–H groups in total. The van der Waals surface area contributed by atoms with Gasteiger partial charge in [0.05, 0.1) is 36.8 Å². The van der Waals surface area contributed by atoms with Crippen LogP contribution in [-0.2, 0) is 11.2 Å². The average molecular weight is 462 g/mol. The predicted molar refractivity (Wildman–Crippen MR) is 127 cm³/mol. The van der Waals surface area contributed by atoms with E-state index < -0.39 is 0 Å². The third-order valence-electron chi connectivity index (χ3n) is 6.01. The van der Waals surface area contributed by atoms with E-state index >= 15 is 0 Å². The zero-order chi connectivity index (χ0) is 22.8. The number of hydrogen-bond donors (Lipinski definition) is 1. The monoisotopic (exact) mass is 461 g/mol.